The predicted molar refractivity (Wildman–Crippen MR) is 111 cm³/mol. The smallest absolute Gasteiger partial charge is 0.316 e. The normalized spacial score (nSPS) is 18.6. The van der Waals surface area contributed by atoms with Crippen LogP contribution in [0.15, 0.2) is 36.4 Å². The summed E-state index contributed by atoms with van der Waals surface area (Å²) in [5, 5.41) is 0. The minimum absolute atomic E-state index is 0.0945. The van der Waals surface area contributed by atoms with Crippen molar-refractivity contribution in [2.45, 2.75) is 45.6 Å². The minimum Gasteiger partial charge on any atom is -0.457 e. The highest BCUT2D eigenvalue weighted by molar-refractivity contribution is 7.91. The molecule has 0 bridgehead atoms. The maximum absolute atomic E-state index is 12.7. The molecule has 1 unspecified atom stereocenters. The first-order chi connectivity index (χ1) is 13.5. The van der Waals surface area contributed by atoms with Crippen molar-refractivity contribution < 1.29 is 22.7 Å². The lowest BCUT2D eigenvalue weighted by atomic mass is 9.85. The van der Waals surface area contributed by atoms with Crippen molar-refractivity contribution in [3.8, 4) is 0 Å². The Bertz CT molecular complexity index is 1030. The maximum Gasteiger partial charge on any atom is 0.316 e. The zero-order valence-electron chi connectivity index (χ0n) is 17.3. The van der Waals surface area contributed by atoms with Gasteiger partial charge in [0.2, 0.25) is 5.78 Å². The van der Waals surface area contributed by atoms with E-state index in [1.165, 1.54) is 0 Å². The van der Waals surface area contributed by atoms with Crippen LogP contribution in [0.25, 0.3) is 0 Å². The lowest BCUT2D eigenvalue weighted by Crippen LogP contribution is -2.32. The molecule has 1 saturated heterocycles. The van der Waals surface area contributed by atoms with Crippen LogP contribution in [0.4, 0.5) is 0 Å². The van der Waals surface area contributed by atoms with Crippen LogP contribution in [0.3, 0.4) is 0 Å². The van der Waals surface area contributed by atoms with E-state index in [-0.39, 0.29) is 29.9 Å². The van der Waals surface area contributed by atoms with E-state index in [2.05, 4.69) is 0 Å². The molecule has 156 valence electrons. The number of hydrogen-bond acceptors (Lipinski definition) is 5. The molecule has 0 N–H and O–H groups in total. The van der Waals surface area contributed by atoms with Gasteiger partial charge in [0.15, 0.2) is 16.4 Å². The molecule has 0 aliphatic carbocycles. The number of ketones is 1. The molecule has 3 rings (SSSR count). The Morgan fingerprint density at radius 1 is 1.17 bits per heavy atom. The number of Topliss-reactive ketones (excluding diaryl/α,β-unsaturated/α-hetero) is 1. The number of aryl methyl sites for hydroxylation is 1. The number of ether oxygens (including phenoxy) is 1. The Kier molecular flexibility index (Phi) is 5.72. The highest BCUT2D eigenvalue weighted by Gasteiger charge is 2.33. The quantitative estimate of drug-likeness (QED) is 0.533. The van der Waals surface area contributed by atoms with Gasteiger partial charge in [-0.15, -0.1) is 0 Å². The minimum atomic E-state index is -3.03. The fourth-order valence-electron chi connectivity index (χ4n) is 3.96. The summed E-state index contributed by atoms with van der Waals surface area (Å²) >= 11 is 0. The highest BCUT2D eigenvalue weighted by Crippen LogP contribution is 2.29. The number of nitrogens with zero attached hydrogens (tertiary/aromatic N) is 1. The standard InChI is InChI=1S/C22H27NO5S/c1-15-12-19(16(2)23(15)18-10-11-29(26,27)14-18)20(24)13-28-21(25)22(3,4)17-8-6-5-7-9-17/h5-9,12,18H,10-11,13-14H2,1-4H3. The van der Waals surface area contributed by atoms with E-state index in [0.717, 1.165) is 11.3 Å². The molecule has 1 aromatic carbocycles. The van der Waals surface area contributed by atoms with Gasteiger partial charge >= 0.3 is 5.97 Å². The van der Waals surface area contributed by atoms with Gasteiger partial charge in [0.1, 0.15) is 0 Å². The zero-order valence-corrected chi connectivity index (χ0v) is 18.1. The Morgan fingerprint density at radius 2 is 1.83 bits per heavy atom. The number of esters is 1. The van der Waals surface area contributed by atoms with Gasteiger partial charge in [-0.25, -0.2) is 8.42 Å². The predicted octanol–water partition coefficient (Wildman–Crippen LogP) is 3.17. The molecule has 2 heterocycles. The third-order valence-electron chi connectivity index (χ3n) is 5.70. The summed E-state index contributed by atoms with van der Waals surface area (Å²) in [7, 11) is -3.03. The summed E-state index contributed by atoms with van der Waals surface area (Å²) in [5.74, 6) is -0.489. The second-order valence-corrected chi connectivity index (χ2v) is 10.4. The average molecular weight is 418 g/mol. The maximum atomic E-state index is 12.7. The van der Waals surface area contributed by atoms with Gasteiger partial charge in [-0.05, 0) is 45.7 Å². The second-order valence-electron chi connectivity index (χ2n) is 8.20. The summed E-state index contributed by atoms with van der Waals surface area (Å²) in [6, 6.07) is 10.9. The largest absolute Gasteiger partial charge is 0.457 e. The third kappa shape index (κ3) is 4.29. The van der Waals surface area contributed by atoms with Gasteiger partial charge in [0, 0.05) is 23.0 Å². The van der Waals surface area contributed by atoms with E-state index in [0.29, 0.717) is 17.7 Å². The molecular weight excluding hydrogens is 390 g/mol. The molecule has 29 heavy (non-hydrogen) atoms. The van der Waals surface area contributed by atoms with Gasteiger partial charge in [0.05, 0.1) is 16.9 Å². The molecule has 1 fully saturated rings. The monoisotopic (exact) mass is 417 g/mol. The zero-order chi connectivity index (χ0) is 21.4. The van der Waals surface area contributed by atoms with E-state index in [1.807, 2.05) is 41.8 Å². The number of carbonyl (C=O) groups is 2. The molecule has 2 aromatic rings. The third-order valence-corrected chi connectivity index (χ3v) is 7.45. The van der Waals surface area contributed by atoms with E-state index in [1.54, 1.807) is 26.8 Å². The highest BCUT2D eigenvalue weighted by atomic mass is 32.2. The SMILES string of the molecule is Cc1cc(C(=O)COC(=O)C(C)(C)c2ccccc2)c(C)n1C1CCS(=O)(=O)C1. The molecule has 0 amide bonds. The topological polar surface area (TPSA) is 82.4 Å². The van der Waals surface area contributed by atoms with Gasteiger partial charge in [-0.3, -0.25) is 9.59 Å². The lowest BCUT2D eigenvalue weighted by Gasteiger charge is -2.22. The van der Waals surface area contributed by atoms with Crippen molar-refractivity contribution in [1.29, 1.82) is 0 Å². The van der Waals surface area contributed by atoms with Gasteiger partial charge in [-0.2, -0.15) is 0 Å². The summed E-state index contributed by atoms with van der Waals surface area (Å²) in [6.07, 6.45) is 0.548. The van der Waals surface area contributed by atoms with Gasteiger partial charge < -0.3 is 9.30 Å². The number of benzene rings is 1. The molecule has 1 aliphatic heterocycles. The van der Waals surface area contributed by atoms with Crippen LogP contribution in [0.2, 0.25) is 0 Å². The van der Waals surface area contributed by atoms with Crippen LogP contribution < -0.4 is 0 Å². The van der Waals surface area contributed by atoms with Crippen molar-refractivity contribution in [3.05, 3.63) is 58.9 Å². The summed E-state index contributed by atoms with van der Waals surface area (Å²) < 4.78 is 30.9. The average Bonchev–Trinajstić information content (AvgIpc) is 3.17. The fraction of sp³-hybridized carbons (Fsp3) is 0.455. The van der Waals surface area contributed by atoms with Crippen molar-refractivity contribution in [2.75, 3.05) is 18.1 Å². The summed E-state index contributed by atoms with van der Waals surface area (Å²) in [4.78, 5) is 25.3. The first-order valence-corrected chi connectivity index (χ1v) is 11.5. The first kappa shape index (κ1) is 21.3. The van der Waals surface area contributed by atoms with Crippen LogP contribution in [-0.2, 0) is 24.8 Å². The fourth-order valence-corrected chi connectivity index (χ4v) is 5.66. The lowest BCUT2D eigenvalue weighted by molar-refractivity contribution is -0.148. The van der Waals surface area contributed by atoms with Crippen molar-refractivity contribution >= 4 is 21.6 Å². The van der Waals surface area contributed by atoms with E-state index >= 15 is 0 Å². The molecule has 1 aliphatic rings. The Labute approximate surface area is 171 Å². The van der Waals surface area contributed by atoms with Crippen LogP contribution in [0, 0.1) is 13.8 Å². The second kappa shape index (κ2) is 7.78. The summed E-state index contributed by atoms with van der Waals surface area (Å²) in [5.41, 5.74) is 1.98. The number of sulfone groups is 1. The molecule has 0 radical (unpaired) electrons. The van der Waals surface area contributed by atoms with Crippen molar-refractivity contribution in [1.82, 2.24) is 4.57 Å². The van der Waals surface area contributed by atoms with E-state index < -0.39 is 21.2 Å². The number of carbonyl (C=O) groups excluding carboxylic acids is 2. The Hall–Kier alpha value is -2.41. The van der Waals surface area contributed by atoms with Crippen LogP contribution in [0.1, 0.15) is 53.6 Å². The van der Waals surface area contributed by atoms with Gasteiger partial charge in [0.25, 0.3) is 0 Å². The molecule has 1 aromatic heterocycles. The molecule has 1 atom stereocenters. The Balaban J connectivity index is 1.72. The van der Waals surface area contributed by atoms with Crippen LogP contribution in [0.5, 0.6) is 0 Å². The van der Waals surface area contributed by atoms with Crippen molar-refractivity contribution in [2.24, 2.45) is 0 Å². The van der Waals surface area contributed by atoms with Crippen LogP contribution >= 0.6 is 0 Å². The molecule has 0 spiro atoms. The Morgan fingerprint density at radius 3 is 2.41 bits per heavy atom. The molecule has 7 heteroatoms. The first-order valence-electron chi connectivity index (χ1n) is 9.68. The molecular formula is C22H27NO5S. The molecule has 6 nitrogen and oxygen atoms in total. The number of aromatic nitrogens is 1. The number of rotatable bonds is 6. The van der Waals surface area contributed by atoms with Crippen molar-refractivity contribution in [3.63, 3.8) is 0 Å². The molecule has 0 saturated carbocycles. The van der Waals surface area contributed by atoms with E-state index in [4.69, 9.17) is 4.74 Å². The van der Waals surface area contributed by atoms with Crippen LogP contribution in [-0.4, -0.2) is 42.9 Å². The number of hydrogen-bond donors (Lipinski definition) is 0. The summed E-state index contributed by atoms with van der Waals surface area (Å²) in [6.45, 7) is 6.85. The van der Waals surface area contributed by atoms with E-state index in [9.17, 15) is 18.0 Å². The van der Waals surface area contributed by atoms with Gasteiger partial charge in [-0.1, -0.05) is 30.3 Å².